The molecule has 1 heterocycles. The number of hydrogen-bond donors (Lipinski definition) is 0. The highest BCUT2D eigenvalue weighted by atomic mass is 16.5. The summed E-state index contributed by atoms with van der Waals surface area (Å²) in [4.78, 5) is 24.9. The minimum absolute atomic E-state index is 0.0504. The topological polar surface area (TPSA) is 46.6 Å². The van der Waals surface area contributed by atoms with Crippen LogP contribution in [0.1, 0.15) is 12.0 Å². The fraction of sp³-hybridized carbons (Fsp3) is 0.250. The predicted molar refractivity (Wildman–Crippen MR) is 75.7 cm³/mol. The zero-order valence-electron chi connectivity index (χ0n) is 11.4. The molecule has 0 amide bonds. The Morgan fingerprint density at radius 2 is 2.10 bits per heavy atom. The number of benzene rings is 1. The average molecular weight is 271 g/mol. The Hall–Kier alpha value is -2.36. The van der Waals surface area contributed by atoms with Crippen LogP contribution in [0.5, 0.6) is 0 Å². The van der Waals surface area contributed by atoms with Gasteiger partial charge in [0.15, 0.2) is 5.78 Å². The van der Waals surface area contributed by atoms with Crippen molar-refractivity contribution in [1.82, 2.24) is 4.90 Å². The Morgan fingerprint density at radius 3 is 2.80 bits per heavy atom. The summed E-state index contributed by atoms with van der Waals surface area (Å²) < 4.78 is 4.52. The maximum atomic E-state index is 11.8. The van der Waals surface area contributed by atoms with Gasteiger partial charge in [0.1, 0.15) is 0 Å². The van der Waals surface area contributed by atoms with E-state index >= 15 is 0 Å². The molecule has 0 aromatic heterocycles. The fourth-order valence-electron chi connectivity index (χ4n) is 2.03. The van der Waals surface area contributed by atoms with E-state index in [0.29, 0.717) is 18.5 Å². The molecule has 0 bridgehead atoms. The average Bonchev–Trinajstić information content (AvgIpc) is 2.48. The number of methoxy groups -OCH3 is 1. The molecular weight excluding hydrogens is 254 g/mol. The summed E-state index contributed by atoms with van der Waals surface area (Å²) in [5, 5.41) is 0. The van der Waals surface area contributed by atoms with Gasteiger partial charge in [0.2, 0.25) is 0 Å². The van der Waals surface area contributed by atoms with Gasteiger partial charge in [-0.05, 0) is 11.6 Å². The molecule has 1 aromatic carbocycles. The summed E-state index contributed by atoms with van der Waals surface area (Å²) >= 11 is 0. The van der Waals surface area contributed by atoms with Gasteiger partial charge in [0, 0.05) is 37.4 Å². The van der Waals surface area contributed by atoms with Crippen molar-refractivity contribution in [2.24, 2.45) is 0 Å². The number of esters is 1. The Balaban J connectivity index is 2.08. The van der Waals surface area contributed by atoms with Crippen LogP contribution in [0.2, 0.25) is 0 Å². The highest BCUT2D eigenvalue weighted by molar-refractivity contribution is 6.00. The molecule has 4 nitrogen and oxygen atoms in total. The van der Waals surface area contributed by atoms with Gasteiger partial charge in [-0.1, -0.05) is 30.3 Å². The lowest BCUT2D eigenvalue weighted by atomic mass is 10.0. The molecule has 0 radical (unpaired) electrons. The number of nitrogens with zero attached hydrogens (tertiary/aromatic N) is 1. The summed E-state index contributed by atoms with van der Waals surface area (Å²) in [6, 6.07) is 10.1. The summed E-state index contributed by atoms with van der Waals surface area (Å²) in [6.07, 6.45) is 5.06. The predicted octanol–water partition coefficient (Wildman–Crippen LogP) is 2.07. The van der Waals surface area contributed by atoms with Crippen LogP contribution in [0.25, 0.3) is 0 Å². The van der Waals surface area contributed by atoms with Crippen molar-refractivity contribution < 1.29 is 14.3 Å². The van der Waals surface area contributed by atoms with Crippen molar-refractivity contribution in [3.8, 4) is 0 Å². The largest absolute Gasteiger partial charge is 0.466 e. The molecule has 0 N–H and O–H groups in total. The van der Waals surface area contributed by atoms with Crippen molar-refractivity contribution in [2.75, 3.05) is 13.7 Å². The number of hydrogen-bond acceptors (Lipinski definition) is 4. The first-order valence-corrected chi connectivity index (χ1v) is 6.48. The van der Waals surface area contributed by atoms with Crippen LogP contribution < -0.4 is 0 Å². The minimum Gasteiger partial charge on any atom is -0.466 e. The second-order valence-electron chi connectivity index (χ2n) is 4.57. The summed E-state index contributed by atoms with van der Waals surface area (Å²) in [7, 11) is 1.31. The molecule has 0 aliphatic carbocycles. The van der Waals surface area contributed by atoms with Crippen LogP contribution in [0.15, 0.2) is 54.3 Å². The number of carbonyl (C=O) groups excluding carboxylic acids is 2. The van der Waals surface area contributed by atoms with Gasteiger partial charge >= 0.3 is 5.97 Å². The third kappa shape index (κ3) is 3.82. The second-order valence-corrected chi connectivity index (χ2v) is 4.57. The van der Waals surface area contributed by atoms with Gasteiger partial charge in [-0.2, -0.15) is 0 Å². The van der Waals surface area contributed by atoms with Crippen LogP contribution >= 0.6 is 0 Å². The van der Waals surface area contributed by atoms with Gasteiger partial charge in [0.05, 0.1) is 7.11 Å². The van der Waals surface area contributed by atoms with Crippen LogP contribution in [0.4, 0.5) is 0 Å². The summed E-state index contributed by atoms with van der Waals surface area (Å²) in [5.41, 5.74) is 1.73. The number of rotatable bonds is 4. The van der Waals surface area contributed by atoms with Crippen molar-refractivity contribution >= 4 is 11.8 Å². The third-order valence-corrected chi connectivity index (χ3v) is 3.10. The Morgan fingerprint density at radius 1 is 1.35 bits per heavy atom. The SMILES string of the molecule is COC(=O)/C=C/C1=CN(Cc2ccccc2)CCC1=O. The molecule has 20 heavy (non-hydrogen) atoms. The molecule has 0 unspecified atom stereocenters. The fourth-order valence-corrected chi connectivity index (χ4v) is 2.03. The quantitative estimate of drug-likeness (QED) is 0.621. The first kappa shape index (κ1) is 14.1. The van der Waals surface area contributed by atoms with Crippen molar-refractivity contribution in [1.29, 1.82) is 0 Å². The van der Waals surface area contributed by atoms with Crippen LogP contribution in [0.3, 0.4) is 0 Å². The highest BCUT2D eigenvalue weighted by Crippen LogP contribution is 2.15. The standard InChI is InChI=1S/C16H17NO3/c1-20-16(19)8-7-14-12-17(10-9-15(14)18)11-13-5-3-2-4-6-13/h2-8,12H,9-11H2,1H3/b8-7+. The number of ketones is 1. The highest BCUT2D eigenvalue weighted by Gasteiger charge is 2.16. The Labute approximate surface area is 118 Å². The van der Waals surface area contributed by atoms with E-state index in [1.807, 2.05) is 30.3 Å². The number of carbonyl (C=O) groups is 2. The van der Waals surface area contributed by atoms with Gasteiger partial charge in [-0.25, -0.2) is 4.79 Å². The molecule has 0 fully saturated rings. The van der Waals surface area contributed by atoms with Gasteiger partial charge < -0.3 is 9.64 Å². The lowest BCUT2D eigenvalue weighted by Gasteiger charge is -2.25. The zero-order chi connectivity index (χ0) is 14.4. The Kier molecular flexibility index (Phi) is 4.71. The lowest BCUT2D eigenvalue weighted by Crippen LogP contribution is -2.26. The van der Waals surface area contributed by atoms with Gasteiger partial charge in [0.25, 0.3) is 0 Å². The first-order valence-electron chi connectivity index (χ1n) is 6.48. The first-order chi connectivity index (χ1) is 9.69. The molecule has 104 valence electrons. The maximum absolute atomic E-state index is 11.8. The van der Waals surface area contributed by atoms with E-state index in [1.54, 1.807) is 6.20 Å². The molecule has 0 spiro atoms. The molecule has 0 saturated carbocycles. The van der Waals surface area contributed by atoms with E-state index in [9.17, 15) is 9.59 Å². The lowest BCUT2D eigenvalue weighted by molar-refractivity contribution is -0.134. The molecule has 1 aliphatic rings. The van der Waals surface area contributed by atoms with Crippen molar-refractivity contribution in [2.45, 2.75) is 13.0 Å². The number of allylic oxidation sites excluding steroid dienone is 2. The normalized spacial score (nSPS) is 15.3. The van der Waals surface area contributed by atoms with E-state index in [-0.39, 0.29) is 5.78 Å². The van der Waals surface area contributed by atoms with E-state index in [1.165, 1.54) is 24.8 Å². The third-order valence-electron chi connectivity index (χ3n) is 3.10. The minimum atomic E-state index is -0.459. The van der Waals surface area contributed by atoms with E-state index in [0.717, 1.165) is 6.54 Å². The second kappa shape index (κ2) is 6.70. The zero-order valence-corrected chi connectivity index (χ0v) is 11.4. The van der Waals surface area contributed by atoms with Gasteiger partial charge in [-0.15, -0.1) is 0 Å². The Bertz CT molecular complexity index is 546. The van der Waals surface area contributed by atoms with Crippen LogP contribution in [-0.4, -0.2) is 30.3 Å². The van der Waals surface area contributed by atoms with Gasteiger partial charge in [-0.3, -0.25) is 4.79 Å². The number of ether oxygens (including phenoxy) is 1. The van der Waals surface area contributed by atoms with Crippen molar-refractivity contribution in [3.63, 3.8) is 0 Å². The molecular formula is C16H17NO3. The van der Waals surface area contributed by atoms with E-state index in [4.69, 9.17) is 0 Å². The monoisotopic (exact) mass is 271 g/mol. The molecule has 4 heteroatoms. The van der Waals surface area contributed by atoms with Crippen LogP contribution in [0, 0.1) is 0 Å². The molecule has 1 aromatic rings. The molecule has 2 rings (SSSR count). The summed E-state index contributed by atoms with van der Waals surface area (Å²) in [5.74, 6) is -0.409. The molecule has 0 saturated heterocycles. The number of Topliss-reactive ketones (excluding diaryl/α,β-unsaturated/α-hetero) is 1. The molecule has 0 atom stereocenters. The van der Waals surface area contributed by atoms with E-state index in [2.05, 4.69) is 9.64 Å². The van der Waals surface area contributed by atoms with Crippen LogP contribution in [-0.2, 0) is 20.9 Å². The van der Waals surface area contributed by atoms with E-state index < -0.39 is 5.97 Å². The molecule has 1 aliphatic heterocycles. The maximum Gasteiger partial charge on any atom is 0.330 e. The smallest absolute Gasteiger partial charge is 0.330 e. The van der Waals surface area contributed by atoms with Crippen molar-refractivity contribution in [3.05, 3.63) is 59.8 Å². The summed E-state index contributed by atoms with van der Waals surface area (Å²) in [6.45, 7) is 1.45.